The van der Waals surface area contributed by atoms with E-state index in [1.165, 1.54) is 17.7 Å². The summed E-state index contributed by atoms with van der Waals surface area (Å²) in [6.45, 7) is 3.19. The molecule has 6 heteroatoms. The summed E-state index contributed by atoms with van der Waals surface area (Å²) in [5, 5.41) is 15.6. The summed E-state index contributed by atoms with van der Waals surface area (Å²) < 4.78 is 1.52. The fourth-order valence-electron chi connectivity index (χ4n) is 1.76. The van der Waals surface area contributed by atoms with Gasteiger partial charge in [0.05, 0.1) is 5.69 Å². The minimum Gasteiger partial charge on any atom is -0.476 e. The Kier molecular flexibility index (Phi) is 3.33. The van der Waals surface area contributed by atoms with E-state index in [1.807, 2.05) is 0 Å². The molecule has 19 heavy (non-hydrogen) atoms. The van der Waals surface area contributed by atoms with Gasteiger partial charge in [0.25, 0.3) is 0 Å². The van der Waals surface area contributed by atoms with Crippen molar-refractivity contribution < 1.29 is 14.7 Å². The Morgan fingerprint density at radius 2 is 2.05 bits per heavy atom. The minimum atomic E-state index is -1.07. The van der Waals surface area contributed by atoms with Gasteiger partial charge in [-0.25, -0.2) is 9.48 Å². The highest BCUT2D eigenvalue weighted by molar-refractivity contribution is 5.89. The molecule has 1 aromatic heterocycles. The lowest BCUT2D eigenvalue weighted by molar-refractivity contribution is -0.114. The highest BCUT2D eigenvalue weighted by atomic mass is 16.4. The number of rotatable bonds is 3. The number of nitrogens with one attached hydrogen (secondary N) is 1. The van der Waals surface area contributed by atoms with E-state index >= 15 is 0 Å². The molecule has 1 aromatic carbocycles. The van der Waals surface area contributed by atoms with Crippen LogP contribution in [0, 0.1) is 6.92 Å². The zero-order valence-corrected chi connectivity index (χ0v) is 10.5. The van der Waals surface area contributed by atoms with Crippen molar-refractivity contribution in [2.24, 2.45) is 0 Å². The molecule has 0 unspecified atom stereocenters. The Bertz CT molecular complexity index is 646. The average molecular weight is 259 g/mol. The smallest absolute Gasteiger partial charge is 0.356 e. The van der Waals surface area contributed by atoms with Crippen LogP contribution in [0.4, 0.5) is 5.69 Å². The largest absolute Gasteiger partial charge is 0.476 e. The van der Waals surface area contributed by atoms with Crippen LogP contribution < -0.4 is 5.32 Å². The number of aromatic carboxylic acids is 1. The van der Waals surface area contributed by atoms with Crippen molar-refractivity contribution in [3.05, 3.63) is 41.7 Å². The first kappa shape index (κ1) is 12.8. The molecule has 0 saturated carbocycles. The molecule has 1 amide bonds. The molecule has 0 aliphatic rings. The molecule has 1 heterocycles. The number of carboxylic acids is 1. The van der Waals surface area contributed by atoms with Crippen molar-refractivity contribution in [1.82, 2.24) is 9.78 Å². The molecule has 0 aliphatic carbocycles. The van der Waals surface area contributed by atoms with Gasteiger partial charge in [-0.1, -0.05) is 6.07 Å². The normalized spacial score (nSPS) is 10.2. The molecule has 2 N–H and O–H groups in total. The van der Waals surface area contributed by atoms with Crippen LogP contribution in [0.3, 0.4) is 0 Å². The third-order valence-electron chi connectivity index (χ3n) is 2.52. The molecule has 0 fully saturated rings. The summed E-state index contributed by atoms with van der Waals surface area (Å²) in [6.07, 6.45) is 0. The van der Waals surface area contributed by atoms with Crippen LogP contribution in [0.25, 0.3) is 5.69 Å². The van der Waals surface area contributed by atoms with Crippen LogP contribution >= 0.6 is 0 Å². The van der Waals surface area contributed by atoms with Crippen LogP contribution in [0.1, 0.15) is 23.1 Å². The lowest BCUT2D eigenvalue weighted by Crippen LogP contribution is -2.07. The van der Waals surface area contributed by atoms with E-state index in [0.29, 0.717) is 17.1 Å². The molecule has 0 atom stereocenters. The first-order chi connectivity index (χ1) is 8.97. The summed E-state index contributed by atoms with van der Waals surface area (Å²) in [7, 11) is 0. The van der Waals surface area contributed by atoms with Crippen LogP contribution in [0.15, 0.2) is 30.3 Å². The molecule has 0 radical (unpaired) electrons. The molecular weight excluding hydrogens is 246 g/mol. The first-order valence-corrected chi connectivity index (χ1v) is 5.65. The van der Waals surface area contributed by atoms with E-state index in [1.54, 1.807) is 31.2 Å². The molecule has 0 bridgehead atoms. The maximum absolute atomic E-state index is 11.0. The zero-order valence-electron chi connectivity index (χ0n) is 10.5. The highest BCUT2D eigenvalue weighted by Gasteiger charge is 2.11. The van der Waals surface area contributed by atoms with E-state index in [2.05, 4.69) is 10.4 Å². The number of hydrogen-bond acceptors (Lipinski definition) is 3. The third-order valence-corrected chi connectivity index (χ3v) is 2.52. The summed E-state index contributed by atoms with van der Waals surface area (Å²) in [4.78, 5) is 21.9. The summed E-state index contributed by atoms with van der Waals surface area (Å²) >= 11 is 0. The number of carbonyl (C=O) groups is 2. The second-order valence-electron chi connectivity index (χ2n) is 4.12. The summed E-state index contributed by atoms with van der Waals surface area (Å²) in [5.74, 6) is -1.24. The van der Waals surface area contributed by atoms with Crippen molar-refractivity contribution in [3.8, 4) is 5.69 Å². The maximum atomic E-state index is 11.0. The predicted molar refractivity (Wildman–Crippen MR) is 69.6 cm³/mol. The van der Waals surface area contributed by atoms with Crippen LogP contribution in [0.2, 0.25) is 0 Å². The SMILES string of the molecule is CC(=O)Nc1cccc(-n2nc(C(=O)O)cc2C)c1. The van der Waals surface area contributed by atoms with Gasteiger partial charge in [0.1, 0.15) is 0 Å². The predicted octanol–water partition coefficient (Wildman–Crippen LogP) is 1.84. The van der Waals surface area contributed by atoms with Gasteiger partial charge in [-0.2, -0.15) is 5.10 Å². The van der Waals surface area contributed by atoms with E-state index in [0.717, 1.165) is 0 Å². The van der Waals surface area contributed by atoms with Crippen molar-refractivity contribution in [1.29, 1.82) is 0 Å². The number of nitrogens with zero attached hydrogens (tertiary/aromatic N) is 2. The highest BCUT2D eigenvalue weighted by Crippen LogP contribution is 2.16. The van der Waals surface area contributed by atoms with Crippen LogP contribution in [-0.4, -0.2) is 26.8 Å². The monoisotopic (exact) mass is 259 g/mol. The van der Waals surface area contributed by atoms with Gasteiger partial charge >= 0.3 is 5.97 Å². The molecule has 0 saturated heterocycles. The Balaban J connectivity index is 2.41. The Morgan fingerprint density at radius 3 is 2.63 bits per heavy atom. The van der Waals surface area contributed by atoms with Crippen molar-refractivity contribution >= 4 is 17.6 Å². The second-order valence-corrected chi connectivity index (χ2v) is 4.12. The summed E-state index contributed by atoms with van der Waals surface area (Å²) in [5.41, 5.74) is 2.02. The standard InChI is InChI=1S/C13H13N3O3/c1-8-6-12(13(18)19)15-16(8)11-5-3-4-10(7-11)14-9(2)17/h3-7H,1-2H3,(H,14,17)(H,18,19). The zero-order chi connectivity index (χ0) is 14.0. The van der Waals surface area contributed by atoms with Gasteiger partial charge in [-0.3, -0.25) is 4.79 Å². The lowest BCUT2D eigenvalue weighted by Gasteiger charge is -2.07. The van der Waals surface area contributed by atoms with Crippen molar-refractivity contribution in [3.63, 3.8) is 0 Å². The number of hydrogen-bond donors (Lipinski definition) is 2. The number of benzene rings is 1. The Morgan fingerprint density at radius 1 is 1.32 bits per heavy atom. The third kappa shape index (κ3) is 2.79. The van der Waals surface area contributed by atoms with Gasteiger partial charge < -0.3 is 10.4 Å². The fraction of sp³-hybridized carbons (Fsp3) is 0.154. The van der Waals surface area contributed by atoms with E-state index in [-0.39, 0.29) is 11.6 Å². The fourth-order valence-corrected chi connectivity index (χ4v) is 1.76. The van der Waals surface area contributed by atoms with E-state index < -0.39 is 5.97 Å². The first-order valence-electron chi connectivity index (χ1n) is 5.65. The molecule has 0 spiro atoms. The van der Waals surface area contributed by atoms with Gasteiger partial charge in [0, 0.05) is 18.3 Å². The molecular formula is C13H13N3O3. The quantitative estimate of drug-likeness (QED) is 0.880. The summed E-state index contributed by atoms with van der Waals surface area (Å²) in [6, 6.07) is 8.53. The van der Waals surface area contributed by atoms with Crippen molar-refractivity contribution in [2.75, 3.05) is 5.32 Å². The Hall–Kier alpha value is -2.63. The Labute approximate surface area is 109 Å². The van der Waals surface area contributed by atoms with Crippen molar-refractivity contribution in [2.45, 2.75) is 13.8 Å². The number of aryl methyl sites for hydroxylation is 1. The van der Waals surface area contributed by atoms with Gasteiger partial charge in [-0.15, -0.1) is 0 Å². The molecule has 6 nitrogen and oxygen atoms in total. The molecule has 2 rings (SSSR count). The second kappa shape index (κ2) is 4.93. The number of anilines is 1. The van der Waals surface area contributed by atoms with E-state index in [4.69, 9.17) is 5.11 Å². The average Bonchev–Trinajstić information content (AvgIpc) is 2.71. The molecule has 2 aromatic rings. The van der Waals surface area contributed by atoms with Gasteiger partial charge in [0.15, 0.2) is 5.69 Å². The van der Waals surface area contributed by atoms with E-state index in [9.17, 15) is 9.59 Å². The number of carbonyl (C=O) groups excluding carboxylic acids is 1. The maximum Gasteiger partial charge on any atom is 0.356 e. The molecule has 0 aliphatic heterocycles. The van der Waals surface area contributed by atoms with Crippen LogP contribution in [0.5, 0.6) is 0 Å². The number of aromatic nitrogens is 2. The number of carboxylic acid groups (broad SMARTS) is 1. The lowest BCUT2D eigenvalue weighted by atomic mass is 10.2. The molecule has 98 valence electrons. The van der Waals surface area contributed by atoms with Gasteiger partial charge in [-0.05, 0) is 31.2 Å². The minimum absolute atomic E-state index is 0.0116. The topological polar surface area (TPSA) is 84.2 Å². The van der Waals surface area contributed by atoms with Crippen LogP contribution in [-0.2, 0) is 4.79 Å². The van der Waals surface area contributed by atoms with Gasteiger partial charge in [0.2, 0.25) is 5.91 Å². The number of amides is 1.